The van der Waals surface area contributed by atoms with Gasteiger partial charge in [-0.2, -0.15) is 13.2 Å². The van der Waals surface area contributed by atoms with Crippen molar-refractivity contribution in [1.82, 2.24) is 4.90 Å². The molecule has 1 heterocycles. The average Bonchev–Trinajstić information content (AvgIpc) is 2.77. The van der Waals surface area contributed by atoms with Crippen molar-refractivity contribution in [2.24, 2.45) is 0 Å². The molecule has 34 heavy (non-hydrogen) atoms. The minimum Gasteiger partial charge on any atom is -0.454 e. The molecule has 0 spiro atoms. The van der Waals surface area contributed by atoms with Gasteiger partial charge in [-0.05, 0) is 47.9 Å². The van der Waals surface area contributed by atoms with Gasteiger partial charge in [0.25, 0.3) is 11.6 Å². The molecule has 0 saturated carbocycles. The van der Waals surface area contributed by atoms with Crippen molar-refractivity contribution < 1.29 is 27.6 Å². The number of rotatable bonds is 5. The molecule has 176 valence electrons. The first-order chi connectivity index (χ1) is 16.0. The van der Waals surface area contributed by atoms with Crippen molar-refractivity contribution in [2.75, 3.05) is 6.54 Å². The number of hydrogen-bond acceptors (Lipinski definition) is 4. The fraction of sp³-hybridized carbons (Fsp3) is 0.174. The van der Waals surface area contributed by atoms with Crippen LogP contribution < -0.4 is 4.74 Å². The standard InChI is InChI=1S/C23H15Cl2F3N2O4/c24-19-10-16(30(32)33)11-20(25)21(19)34-17-4-5-18-14(9-17)6-7-29(22(18)31)12-13-2-1-3-15(8-13)23(26,27)28/h1-5,8-11H,6-7,12H2. The number of benzene rings is 3. The summed E-state index contributed by atoms with van der Waals surface area (Å²) < 4.78 is 44.7. The maximum absolute atomic E-state index is 13.0. The number of fused-ring (bicyclic) bond motifs is 1. The Hall–Kier alpha value is -3.30. The molecule has 0 bridgehead atoms. The highest BCUT2D eigenvalue weighted by Crippen LogP contribution is 2.40. The molecule has 3 aromatic carbocycles. The molecule has 1 amide bonds. The number of hydrogen-bond donors (Lipinski definition) is 0. The Morgan fingerprint density at radius 1 is 1.06 bits per heavy atom. The number of nitrogens with zero attached hydrogens (tertiary/aromatic N) is 2. The molecule has 0 N–H and O–H groups in total. The number of carbonyl (C=O) groups is 1. The van der Waals surface area contributed by atoms with E-state index in [1.54, 1.807) is 18.2 Å². The van der Waals surface area contributed by atoms with E-state index in [9.17, 15) is 28.1 Å². The predicted octanol–water partition coefficient (Wildman–Crippen LogP) is 6.91. The monoisotopic (exact) mass is 510 g/mol. The van der Waals surface area contributed by atoms with E-state index >= 15 is 0 Å². The Kier molecular flexibility index (Phi) is 6.42. The minimum atomic E-state index is -4.46. The van der Waals surface area contributed by atoms with Crippen molar-refractivity contribution in [2.45, 2.75) is 19.1 Å². The second kappa shape index (κ2) is 9.15. The lowest BCUT2D eigenvalue weighted by Gasteiger charge is -2.29. The molecule has 0 saturated heterocycles. The summed E-state index contributed by atoms with van der Waals surface area (Å²) in [7, 11) is 0. The molecule has 6 nitrogen and oxygen atoms in total. The summed E-state index contributed by atoms with van der Waals surface area (Å²) in [5.41, 5.74) is 0.442. The number of halogens is 5. The molecule has 11 heteroatoms. The zero-order valence-corrected chi connectivity index (χ0v) is 18.7. The molecule has 1 aliphatic heterocycles. The Morgan fingerprint density at radius 3 is 2.41 bits per heavy atom. The number of carbonyl (C=O) groups excluding carboxylic acids is 1. The zero-order valence-electron chi connectivity index (χ0n) is 17.2. The maximum Gasteiger partial charge on any atom is 0.416 e. The van der Waals surface area contributed by atoms with E-state index in [2.05, 4.69) is 0 Å². The SMILES string of the molecule is O=C1c2ccc(Oc3c(Cl)cc([N+](=O)[O-])cc3Cl)cc2CCN1Cc1cccc(C(F)(F)F)c1. The number of alkyl halides is 3. The quantitative estimate of drug-likeness (QED) is 0.276. The van der Waals surface area contributed by atoms with Gasteiger partial charge >= 0.3 is 6.18 Å². The van der Waals surface area contributed by atoms with E-state index in [0.29, 0.717) is 35.4 Å². The predicted molar refractivity (Wildman–Crippen MR) is 120 cm³/mol. The Bertz CT molecular complexity index is 1270. The number of nitro benzene ring substituents is 1. The van der Waals surface area contributed by atoms with Crippen LogP contribution in [-0.2, 0) is 19.1 Å². The molecular formula is C23H15Cl2F3N2O4. The molecule has 0 aromatic heterocycles. The summed E-state index contributed by atoms with van der Waals surface area (Å²) in [6.07, 6.45) is -4.00. The molecule has 3 aromatic rings. The van der Waals surface area contributed by atoms with E-state index < -0.39 is 16.7 Å². The third-order valence-electron chi connectivity index (χ3n) is 5.29. The van der Waals surface area contributed by atoms with Gasteiger partial charge in [-0.25, -0.2) is 0 Å². The third-order valence-corrected chi connectivity index (χ3v) is 5.85. The number of amides is 1. The van der Waals surface area contributed by atoms with E-state index in [4.69, 9.17) is 27.9 Å². The van der Waals surface area contributed by atoms with Gasteiger partial charge in [0.15, 0.2) is 5.75 Å². The molecule has 0 aliphatic carbocycles. The molecular weight excluding hydrogens is 496 g/mol. The number of non-ortho nitro benzene ring substituents is 1. The van der Waals surface area contributed by atoms with Gasteiger partial charge < -0.3 is 9.64 Å². The van der Waals surface area contributed by atoms with Gasteiger partial charge in [-0.3, -0.25) is 14.9 Å². The second-order valence-corrected chi connectivity index (χ2v) is 8.41. The summed E-state index contributed by atoms with van der Waals surface area (Å²) in [5.74, 6) is 0.0642. The normalized spacial score (nSPS) is 13.6. The van der Waals surface area contributed by atoms with Crippen molar-refractivity contribution in [3.8, 4) is 11.5 Å². The first kappa shape index (κ1) is 23.8. The van der Waals surface area contributed by atoms with Crippen LogP contribution in [0.1, 0.15) is 27.0 Å². The molecule has 0 atom stereocenters. The number of ether oxygens (including phenoxy) is 1. The van der Waals surface area contributed by atoms with Crippen LogP contribution in [0.3, 0.4) is 0 Å². The highest BCUT2D eigenvalue weighted by atomic mass is 35.5. The van der Waals surface area contributed by atoms with Crippen LogP contribution in [0.25, 0.3) is 0 Å². The summed E-state index contributed by atoms with van der Waals surface area (Å²) in [4.78, 5) is 24.7. The summed E-state index contributed by atoms with van der Waals surface area (Å²) in [6.45, 7) is 0.360. The van der Waals surface area contributed by atoms with Gasteiger partial charge in [0.05, 0.1) is 20.5 Å². The third kappa shape index (κ3) is 4.95. The van der Waals surface area contributed by atoms with Crippen molar-refractivity contribution in [1.29, 1.82) is 0 Å². The van der Waals surface area contributed by atoms with Crippen LogP contribution in [0.5, 0.6) is 11.5 Å². The summed E-state index contributed by atoms with van der Waals surface area (Å²) >= 11 is 12.2. The lowest BCUT2D eigenvalue weighted by Crippen LogP contribution is -2.37. The average molecular weight is 511 g/mol. The van der Waals surface area contributed by atoms with Crippen LogP contribution in [0.15, 0.2) is 54.6 Å². The first-order valence-electron chi connectivity index (χ1n) is 9.92. The van der Waals surface area contributed by atoms with Gasteiger partial charge in [0.1, 0.15) is 5.75 Å². The van der Waals surface area contributed by atoms with Gasteiger partial charge in [0.2, 0.25) is 0 Å². The largest absolute Gasteiger partial charge is 0.454 e. The van der Waals surface area contributed by atoms with E-state index in [1.165, 1.54) is 17.0 Å². The van der Waals surface area contributed by atoms with Crippen LogP contribution in [0.2, 0.25) is 10.0 Å². The van der Waals surface area contributed by atoms with Gasteiger partial charge in [-0.15, -0.1) is 0 Å². The highest BCUT2D eigenvalue weighted by Gasteiger charge is 2.31. The topological polar surface area (TPSA) is 72.7 Å². The number of nitro groups is 1. The van der Waals surface area contributed by atoms with Crippen molar-refractivity contribution >= 4 is 34.8 Å². The first-order valence-corrected chi connectivity index (χ1v) is 10.7. The zero-order chi connectivity index (χ0) is 24.6. The summed E-state index contributed by atoms with van der Waals surface area (Å²) in [6, 6.07) is 11.9. The van der Waals surface area contributed by atoms with E-state index in [0.717, 1.165) is 24.3 Å². The fourth-order valence-electron chi connectivity index (χ4n) is 3.66. The Labute approximate surface area is 201 Å². The van der Waals surface area contributed by atoms with Crippen molar-refractivity contribution in [3.63, 3.8) is 0 Å². The fourth-order valence-corrected chi connectivity index (χ4v) is 4.21. The lowest BCUT2D eigenvalue weighted by molar-refractivity contribution is -0.384. The molecule has 0 radical (unpaired) electrons. The van der Waals surface area contributed by atoms with Crippen LogP contribution in [0, 0.1) is 10.1 Å². The molecule has 0 unspecified atom stereocenters. The highest BCUT2D eigenvalue weighted by molar-refractivity contribution is 6.37. The Morgan fingerprint density at radius 2 is 1.76 bits per heavy atom. The van der Waals surface area contributed by atoms with Crippen LogP contribution in [0.4, 0.5) is 18.9 Å². The Balaban J connectivity index is 1.52. The second-order valence-electron chi connectivity index (χ2n) is 7.59. The molecule has 4 rings (SSSR count). The van der Waals surface area contributed by atoms with Crippen molar-refractivity contribution in [3.05, 3.63) is 97.0 Å². The minimum absolute atomic E-state index is 0.0414. The van der Waals surface area contributed by atoms with Crippen LogP contribution >= 0.6 is 23.2 Å². The molecule has 1 aliphatic rings. The maximum atomic E-state index is 13.0. The van der Waals surface area contributed by atoms with E-state index in [1.807, 2.05) is 0 Å². The smallest absolute Gasteiger partial charge is 0.416 e. The van der Waals surface area contributed by atoms with Crippen LogP contribution in [-0.4, -0.2) is 22.3 Å². The van der Waals surface area contributed by atoms with E-state index in [-0.39, 0.29) is 33.9 Å². The van der Waals surface area contributed by atoms with Gasteiger partial charge in [0, 0.05) is 30.8 Å². The molecule has 0 fully saturated rings. The lowest BCUT2D eigenvalue weighted by atomic mass is 9.98. The summed E-state index contributed by atoms with van der Waals surface area (Å²) in [5, 5.41) is 10.8. The van der Waals surface area contributed by atoms with Gasteiger partial charge in [-0.1, -0.05) is 35.3 Å².